The van der Waals surface area contributed by atoms with E-state index in [1.165, 1.54) is 0 Å². The predicted molar refractivity (Wildman–Crippen MR) is 66.8 cm³/mol. The number of allylic oxidation sites excluding steroid dienone is 2. The van der Waals surface area contributed by atoms with E-state index in [1.54, 1.807) is 24.3 Å². The fourth-order valence-corrected chi connectivity index (χ4v) is 2.02. The smallest absolute Gasteiger partial charge is 0.330 e. The van der Waals surface area contributed by atoms with E-state index in [-0.39, 0.29) is 11.8 Å². The first-order valence-corrected chi connectivity index (χ1v) is 5.91. The lowest BCUT2D eigenvalue weighted by atomic mass is 10.0. The number of carbonyl (C=O) groups is 2. The highest BCUT2D eigenvalue weighted by Gasteiger charge is 2.26. The van der Waals surface area contributed by atoms with Crippen LogP contribution in [0.5, 0.6) is 0 Å². The quantitative estimate of drug-likeness (QED) is 0.796. The van der Waals surface area contributed by atoms with Crippen LogP contribution in [-0.4, -0.2) is 17.0 Å². The van der Waals surface area contributed by atoms with Crippen molar-refractivity contribution in [2.45, 2.75) is 18.9 Å². The lowest BCUT2D eigenvalue weighted by Gasteiger charge is -2.17. The van der Waals surface area contributed by atoms with Crippen LogP contribution in [0.2, 0.25) is 0 Å². The Labute approximate surface area is 105 Å². The number of aliphatic carboxylic acids is 1. The third-order valence-electron chi connectivity index (χ3n) is 3.05. The summed E-state index contributed by atoms with van der Waals surface area (Å²) in [6, 6.07) is 7.76. The Kier molecular flexibility index (Phi) is 3.77. The Morgan fingerprint density at radius 3 is 2.33 bits per heavy atom. The highest BCUT2D eigenvalue weighted by atomic mass is 16.4. The average molecular weight is 245 g/mol. The van der Waals surface area contributed by atoms with Gasteiger partial charge in [0, 0.05) is 5.92 Å². The van der Waals surface area contributed by atoms with Crippen LogP contribution in [0.15, 0.2) is 42.5 Å². The van der Waals surface area contributed by atoms with Crippen LogP contribution in [0.25, 0.3) is 0 Å². The molecule has 4 heteroatoms. The van der Waals surface area contributed by atoms with Crippen LogP contribution in [0.3, 0.4) is 0 Å². The number of carboxylic acid groups (broad SMARTS) is 1. The molecule has 0 spiro atoms. The Bertz CT molecular complexity index is 459. The van der Waals surface area contributed by atoms with E-state index in [2.05, 4.69) is 5.32 Å². The van der Waals surface area contributed by atoms with Crippen molar-refractivity contribution in [2.24, 2.45) is 5.92 Å². The highest BCUT2D eigenvalue weighted by Crippen LogP contribution is 2.20. The van der Waals surface area contributed by atoms with Crippen LogP contribution in [0, 0.1) is 5.92 Å². The van der Waals surface area contributed by atoms with Crippen LogP contribution < -0.4 is 5.32 Å². The van der Waals surface area contributed by atoms with Gasteiger partial charge in [0.05, 0.1) is 0 Å². The summed E-state index contributed by atoms with van der Waals surface area (Å²) in [5.74, 6) is -1.37. The average Bonchev–Trinajstić information content (AvgIpc) is 2.90. The molecule has 2 N–H and O–H groups in total. The molecule has 4 nitrogen and oxygen atoms in total. The molecule has 1 amide bonds. The summed E-state index contributed by atoms with van der Waals surface area (Å²) in [4.78, 5) is 23.1. The van der Waals surface area contributed by atoms with Gasteiger partial charge in [-0.1, -0.05) is 42.5 Å². The molecule has 1 aliphatic carbocycles. The lowest BCUT2D eigenvalue weighted by Crippen LogP contribution is -2.37. The molecule has 1 aromatic carbocycles. The van der Waals surface area contributed by atoms with Crippen molar-refractivity contribution in [3.05, 3.63) is 48.0 Å². The topological polar surface area (TPSA) is 66.4 Å². The molecule has 2 rings (SSSR count). The number of rotatable bonds is 4. The van der Waals surface area contributed by atoms with E-state index in [1.807, 2.05) is 18.2 Å². The van der Waals surface area contributed by atoms with Crippen LogP contribution in [0.4, 0.5) is 0 Å². The molecule has 0 fully saturated rings. The fraction of sp³-hybridized carbons (Fsp3) is 0.286. The minimum absolute atomic E-state index is 0.129. The lowest BCUT2D eigenvalue weighted by molar-refractivity contribution is -0.142. The molecule has 0 saturated carbocycles. The standard InChI is InChI=1S/C14H15NO3/c16-13(11-8-4-5-9-11)15-12(14(17)18)10-6-2-1-3-7-10/h1-7,11-12H,8-9H2,(H,15,16)(H,17,18)/t12-/m1/s1. The van der Waals surface area contributed by atoms with Crippen LogP contribution in [0.1, 0.15) is 24.4 Å². The van der Waals surface area contributed by atoms with Crippen molar-refractivity contribution in [1.82, 2.24) is 5.32 Å². The second-order valence-corrected chi connectivity index (χ2v) is 4.33. The molecule has 94 valence electrons. The van der Waals surface area contributed by atoms with E-state index in [0.29, 0.717) is 18.4 Å². The summed E-state index contributed by atoms with van der Waals surface area (Å²) in [6.45, 7) is 0. The third-order valence-corrected chi connectivity index (χ3v) is 3.05. The van der Waals surface area contributed by atoms with Gasteiger partial charge in [-0.25, -0.2) is 4.79 Å². The second kappa shape index (κ2) is 5.49. The van der Waals surface area contributed by atoms with Gasteiger partial charge in [-0.2, -0.15) is 0 Å². The molecule has 0 saturated heterocycles. The molecule has 0 heterocycles. The zero-order valence-corrected chi connectivity index (χ0v) is 9.87. The second-order valence-electron chi connectivity index (χ2n) is 4.33. The molecule has 0 bridgehead atoms. The third kappa shape index (κ3) is 2.77. The zero-order chi connectivity index (χ0) is 13.0. The van der Waals surface area contributed by atoms with Crippen LogP contribution >= 0.6 is 0 Å². The highest BCUT2D eigenvalue weighted by molar-refractivity contribution is 5.86. The van der Waals surface area contributed by atoms with Crippen molar-refractivity contribution in [3.63, 3.8) is 0 Å². The molecule has 0 aliphatic heterocycles. The summed E-state index contributed by atoms with van der Waals surface area (Å²) >= 11 is 0. The number of benzene rings is 1. The number of hydrogen-bond acceptors (Lipinski definition) is 2. The minimum Gasteiger partial charge on any atom is -0.479 e. The van der Waals surface area contributed by atoms with Gasteiger partial charge in [-0.15, -0.1) is 0 Å². The Hall–Kier alpha value is -2.10. The number of amides is 1. The van der Waals surface area contributed by atoms with Crippen molar-refractivity contribution in [2.75, 3.05) is 0 Å². The first-order chi connectivity index (χ1) is 8.68. The first-order valence-electron chi connectivity index (χ1n) is 5.91. The van der Waals surface area contributed by atoms with Gasteiger partial charge >= 0.3 is 5.97 Å². The minimum atomic E-state index is -1.04. The molecule has 18 heavy (non-hydrogen) atoms. The van der Waals surface area contributed by atoms with Gasteiger partial charge in [0.1, 0.15) is 0 Å². The fourth-order valence-electron chi connectivity index (χ4n) is 2.02. The van der Waals surface area contributed by atoms with E-state index in [4.69, 9.17) is 0 Å². The molecule has 1 atom stereocenters. The summed E-state index contributed by atoms with van der Waals surface area (Å²) in [5.41, 5.74) is 0.587. The van der Waals surface area contributed by atoms with Gasteiger partial charge in [0.2, 0.25) is 5.91 Å². The normalized spacial score (nSPS) is 16.4. The van der Waals surface area contributed by atoms with Gasteiger partial charge in [0.25, 0.3) is 0 Å². The maximum absolute atomic E-state index is 11.9. The number of carboxylic acids is 1. The molecule has 1 aliphatic rings. The maximum Gasteiger partial charge on any atom is 0.330 e. The van der Waals surface area contributed by atoms with E-state index in [9.17, 15) is 14.7 Å². The van der Waals surface area contributed by atoms with Crippen molar-refractivity contribution < 1.29 is 14.7 Å². The molecule has 1 aromatic rings. The maximum atomic E-state index is 11.9. The van der Waals surface area contributed by atoms with Gasteiger partial charge in [0.15, 0.2) is 6.04 Å². The SMILES string of the molecule is O=C(N[C@@H](C(=O)O)c1ccccc1)C1CC=CC1. The first kappa shape index (κ1) is 12.4. The molecule has 0 aromatic heterocycles. The van der Waals surface area contributed by atoms with Gasteiger partial charge < -0.3 is 10.4 Å². The molecular weight excluding hydrogens is 230 g/mol. The Morgan fingerprint density at radius 1 is 1.17 bits per heavy atom. The van der Waals surface area contributed by atoms with Gasteiger partial charge in [-0.05, 0) is 18.4 Å². The van der Waals surface area contributed by atoms with Crippen molar-refractivity contribution in [3.8, 4) is 0 Å². The summed E-state index contributed by atoms with van der Waals surface area (Å²) in [6.07, 6.45) is 5.27. The summed E-state index contributed by atoms with van der Waals surface area (Å²) in [5, 5.41) is 11.8. The Balaban J connectivity index is 2.07. The molecular formula is C14H15NO3. The predicted octanol–water partition coefficient (Wildman–Crippen LogP) is 1.89. The Morgan fingerprint density at radius 2 is 1.78 bits per heavy atom. The van der Waals surface area contributed by atoms with Crippen molar-refractivity contribution >= 4 is 11.9 Å². The van der Waals surface area contributed by atoms with Gasteiger partial charge in [-0.3, -0.25) is 4.79 Å². The van der Waals surface area contributed by atoms with Crippen LogP contribution in [-0.2, 0) is 9.59 Å². The summed E-state index contributed by atoms with van der Waals surface area (Å²) < 4.78 is 0. The van der Waals surface area contributed by atoms with E-state index >= 15 is 0 Å². The number of nitrogens with one attached hydrogen (secondary N) is 1. The zero-order valence-electron chi connectivity index (χ0n) is 9.87. The summed E-state index contributed by atoms with van der Waals surface area (Å²) in [7, 11) is 0. The van der Waals surface area contributed by atoms with Crippen molar-refractivity contribution in [1.29, 1.82) is 0 Å². The monoisotopic (exact) mass is 245 g/mol. The molecule has 0 unspecified atom stereocenters. The molecule has 0 radical (unpaired) electrons. The largest absolute Gasteiger partial charge is 0.479 e. The number of carbonyl (C=O) groups excluding carboxylic acids is 1. The van der Waals surface area contributed by atoms with E-state index < -0.39 is 12.0 Å². The number of hydrogen-bond donors (Lipinski definition) is 2. The van der Waals surface area contributed by atoms with E-state index in [0.717, 1.165) is 0 Å².